The fourth-order valence-electron chi connectivity index (χ4n) is 11.4. The van der Waals surface area contributed by atoms with Gasteiger partial charge in [0, 0.05) is 68.3 Å². The van der Waals surface area contributed by atoms with Crippen molar-refractivity contribution in [1.82, 2.24) is 58.2 Å². The number of halogens is 1. The van der Waals surface area contributed by atoms with Gasteiger partial charge in [0.15, 0.2) is 0 Å². The van der Waals surface area contributed by atoms with Gasteiger partial charge in [0.1, 0.15) is 42.2 Å². The van der Waals surface area contributed by atoms with Crippen LogP contribution in [0.4, 0.5) is 0 Å². The van der Waals surface area contributed by atoms with Crippen molar-refractivity contribution in [3.63, 3.8) is 0 Å². The number of aromatic amines is 1. The van der Waals surface area contributed by atoms with Gasteiger partial charge in [-0.25, -0.2) is 4.98 Å². The van der Waals surface area contributed by atoms with Crippen LogP contribution in [0.2, 0.25) is 5.02 Å². The second-order valence-electron chi connectivity index (χ2n) is 23.6. The van der Waals surface area contributed by atoms with Crippen molar-refractivity contribution in [1.29, 1.82) is 0 Å². The number of carbonyl (C=O) groups excluding carboxylic acids is 9. The number of amides is 8. The summed E-state index contributed by atoms with van der Waals surface area (Å²) in [4.78, 5) is 153. The first kappa shape index (κ1) is 70.5. The maximum atomic E-state index is 14.6. The quantitative estimate of drug-likeness (QED) is 0.0400. The van der Waals surface area contributed by atoms with E-state index in [-0.39, 0.29) is 104 Å². The Labute approximate surface area is 524 Å². The lowest BCUT2D eigenvalue weighted by molar-refractivity contribution is -0.145. The number of benzene rings is 3. The van der Waals surface area contributed by atoms with Crippen LogP contribution < -0.4 is 44.0 Å². The molecule has 5 aromatic rings. The van der Waals surface area contributed by atoms with Crippen LogP contribution in [0.25, 0.3) is 21.3 Å². The lowest BCUT2D eigenvalue weighted by Gasteiger charge is -2.38. The molecule has 0 aliphatic carbocycles. The summed E-state index contributed by atoms with van der Waals surface area (Å²) in [5.74, 6) is -4.02. The van der Waals surface area contributed by atoms with Crippen molar-refractivity contribution in [2.75, 3.05) is 26.2 Å². The van der Waals surface area contributed by atoms with E-state index in [9.17, 15) is 62.6 Å². The van der Waals surface area contributed by atoms with Gasteiger partial charge in [0.25, 0.3) is 11.4 Å². The topological polar surface area (TPSA) is 423 Å². The maximum absolute atomic E-state index is 14.6. The van der Waals surface area contributed by atoms with E-state index in [1.54, 1.807) is 55.8 Å². The molecule has 8 amide bonds. The molecule has 482 valence electrons. The molecule has 3 aliphatic rings. The molecule has 0 unspecified atom stereocenters. The molecular weight excluding hydrogens is 1210 g/mol. The summed E-state index contributed by atoms with van der Waals surface area (Å²) in [7, 11) is -5.10. The van der Waals surface area contributed by atoms with Crippen LogP contribution in [0.5, 0.6) is 5.75 Å². The fraction of sp³-hybridized carbons (Fsp3) is 0.467. The molecule has 0 bridgehead atoms. The van der Waals surface area contributed by atoms with Crippen LogP contribution in [-0.4, -0.2) is 161 Å². The Hall–Kier alpha value is -7.62. The summed E-state index contributed by atoms with van der Waals surface area (Å²) in [5, 5.41) is 22.8. The van der Waals surface area contributed by atoms with E-state index in [0.29, 0.717) is 36.8 Å². The standard InChI is InChI=1S/C60H74ClN10O14PS.2H3N/c1-32(35-13-15-37(16-14-35)52-33(2)63-31-87-52)64-56(78)47-27-42(73)28-70(47)58(80)53(60(4,5)6)68-50(75)12-8-10-36-9-7-11-48(51(36)61)85-30-40(18-22-49(62)74)65-55(77)46-21-19-41-23-24-69(34(3)72)29-45(57(79)71(41)46)67-54(76)44-26-39-25-38(17-20-43(39)66-44)59(81)86(82,83)84;;/h7,9,11,13-17,20,25-26,31-32,40-42,45-47,53,66,73H,8,10,12,18-19,21-24,27-30H2,1-6H3,(H2,62,74)(H,64,78)(H,65,77)(H,67,76)(H,68,75)(H2,82,83,84);2*1H3/t32-,40-,41+,42+,45-,46-,47-,53+;;/m0../s1. The summed E-state index contributed by atoms with van der Waals surface area (Å²) in [6, 6.07) is 12.0. The van der Waals surface area contributed by atoms with Gasteiger partial charge < -0.3 is 78.6 Å². The molecule has 3 aliphatic heterocycles. The number of aliphatic hydroxyl groups excluding tert-OH is 1. The van der Waals surface area contributed by atoms with Crippen molar-refractivity contribution in [2.45, 2.75) is 148 Å². The van der Waals surface area contributed by atoms with E-state index in [1.807, 2.05) is 38.1 Å². The van der Waals surface area contributed by atoms with Crippen LogP contribution in [0.15, 0.2) is 72.2 Å². The molecule has 16 N–H and O–H groups in total. The lowest BCUT2D eigenvalue weighted by Crippen LogP contribution is -2.61. The number of H-pyrrole nitrogens is 1. The van der Waals surface area contributed by atoms with Crippen LogP contribution in [0.3, 0.4) is 0 Å². The number of hydrogen-bond acceptors (Lipinski definition) is 16. The summed E-state index contributed by atoms with van der Waals surface area (Å²) < 4.78 is 17.8. The van der Waals surface area contributed by atoms with Crippen molar-refractivity contribution in [2.24, 2.45) is 11.1 Å². The Balaban J connectivity index is 0.00000631. The number of β-amino-alcohol motifs (C(OH)–C–C–N with tert-alkyl or cyclic N) is 1. The first-order chi connectivity index (χ1) is 41.1. The molecule has 2 aromatic heterocycles. The summed E-state index contributed by atoms with van der Waals surface area (Å²) >= 11 is 8.46. The zero-order valence-corrected chi connectivity index (χ0v) is 53.1. The van der Waals surface area contributed by atoms with Gasteiger partial charge in [-0.1, -0.05) is 68.8 Å². The highest BCUT2D eigenvalue weighted by atomic mass is 35.5. The molecule has 0 radical (unpaired) electrons. The largest absolute Gasteiger partial charge is 0.490 e. The lowest BCUT2D eigenvalue weighted by atomic mass is 9.85. The average Bonchev–Trinajstić information content (AvgIpc) is 1.81. The van der Waals surface area contributed by atoms with Crippen molar-refractivity contribution < 1.29 is 67.3 Å². The second-order valence-corrected chi connectivity index (χ2v) is 26.3. The molecule has 29 heteroatoms. The van der Waals surface area contributed by atoms with E-state index in [0.717, 1.165) is 21.7 Å². The number of aryl methyl sites for hydroxylation is 2. The third-order valence-corrected chi connectivity index (χ3v) is 18.3. The van der Waals surface area contributed by atoms with Crippen LogP contribution in [0, 0.1) is 12.3 Å². The minimum absolute atomic E-state index is 0. The van der Waals surface area contributed by atoms with E-state index in [4.69, 9.17) is 22.1 Å². The Morgan fingerprint density at radius 1 is 0.921 bits per heavy atom. The highest BCUT2D eigenvalue weighted by Gasteiger charge is 2.47. The third-order valence-electron chi connectivity index (χ3n) is 16.1. The molecule has 8 atom stereocenters. The summed E-state index contributed by atoms with van der Waals surface area (Å²) in [6.07, 6.45) is 0.592. The zero-order valence-electron chi connectivity index (χ0n) is 50.6. The van der Waals surface area contributed by atoms with Gasteiger partial charge in [-0.05, 0) is 105 Å². The van der Waals surface area contributed by atoms with Crippen LogP contribution in [0.1, 0.15) is 130 Å². The first-order valence-electron chi connectivity index (χ1n) is 28.8. The Kier molecular flexibility index (Phi) is 23.6. The maximum Gasteiger partial charge on any atom is 0.396 e. The number of nitrogens with zero attached hydrogens (tertiary/aromatic N) is 4. The predicted octanol–water partition coefficient (Wildman–Crippen LogP) is 5.13. The molecule has 3 fully saturated rings. The van der Waals surface area contributed by atoms with Crippen molar-refractivity contribution in [3.8, 4) is 16.2 Å². The van der Waals surface area contributed by atoms with Crippen LogP contribution >= 0.6 is 30.5 Å². The number of ether oxygens (including phenoxy) is 1. The third kappa shape index (κ3) is 17.2. The summed E-state index contributed by atoms with van der Waals surface area (Å²) in [6.45, 7) is 10.3. The number of rotatable bonds is 22. The minimum atomic E-state index is -5.10. The number of nitrogens with one attached hydrogen (secondary N) is 5. The second kappa shape index (κ2) is 29.8. The zero-order chi connectivity index (χ0) is 63.2. The Bertz CT molecular complexity index is 3500. The van der Waals surface area contributed by atoms with Gasteiger partial charge in [0.05, 0.1) is 39.3 Å². The van der Waals surface area contributed by atoms with Gasteiger partial charge in [-0.3, -0.25) is 47.7 Å². The first-order valence-corrected chi connectivity index (χ1v) is 31.6. The molecule has 89 heavy (non-hydrogen) atoms. The fourth-order valence-corrected chi connectivity index (χ4v) is 12.9. The normalized spacial score (nSPS) is 19.5. The van der Waals surface area contributed by atoms with E-state index in [1.165, 1.54) is 45.9 Å². The van der Waals surface area contributed by atoms with Crippen molar-refractivity contribution in [3.05, 3.63) is 105 Å². The van der Waals surface area contributed by atoms with Gasteiger partial charge in [0.2, 0.25) is 41.4 Å². The Morgan fingerprint density at radius 2 is 1.63 bits per heavy atom. The number of nitrogens with two attached hydrogens (primary N) is 1. The van der Waals surface area contributed by atoms with Crippen LogP contribution in [-0.2, 0) is 44.5 Å². The number of aliphatic hydroxyl groups is 1. The minimum Gasteiger partial charge on any atom is -0.490 e. The smallest absolute Gasteiger partial charge is 0.396 e. The van der Waals surface area contributed by atoms with Gasteiger partial charge in [-0.2, -0.15) is 0 Å². The molecule has 3 saturated heterocycles. The number of thiazole rings is 1. The highest BCUT2D eigenvalue weighted by Crippen LogP contribution is 2.40. The van der Waals surface area contributed by atoms with E-state index >= 15 is 0 Å². The van der Waals surface area contributed by atoms with E-state index in [2.05, 4.69) is 31.2 Å². The molecule has 5 heterocycles. The number of hydrogen-bond donors (Lipinski definition) is 11. The molecular formula is C60H80ClN12O14PS. The molecule has 0 saturated carbocycles. The number of likely N-dealkylation sites (tertiary alicyclic amines) is 1. The molecule has 0 spiro atoms. The monoisotopic (exact) mass is 1290 g/mol. The molecule has 26 nitrogen and oxygen atoms in total. The SMILES string of the molecule is CC(=O)N1CC[C@H]2CC[C@@H](C(=O)N[C@@H](CCC(N)=O)COc3cccc(CCCC(=O)N[C@H](C(=O)N4C[C@H](O)C[C@H]4C(=O)N[C@@H](C)c4ccc(-c5scnc5C)cc4)C(C)(C)C)c3Cl)N2C(=O)[C@@H](NC(=O)c2cc3cc(C(=O)P(=O)(O)O)ccc3[nH]2)C1.N.N. The number of carbonyl (C=O) groups is 9. The van der Waals surface area contributed by atoms with Crippen molar-refractivity contribution >= 4 is 94.2 Å². The van der Waals surface area contributed by atoms with Gasteiger partial charge >= 0.3 is 7.60 Å². The summed E-state index contributed by atoms with van der Waals surface area (Å²) in [5.41, 5.74) is 8.61. The Morgan fingerprint density at radius 3 is 2.28 bits per heavy atom. The average molecular weight is 1290 g/mol. The number of aromatic nitrogens is 2. The molecule has 3 aromatic carbocycles. The molecule has 8 rings (SSSR count). The number of primary amides is 1. The number of fused-ring (bicyclic) bond motifs is 2. The van der Waals surface area contributed by atoms with Gasteiger partial charge in [-0.15, -0.1) is 11.3 Å². The van der Waals surface area contributed by atoms with E-state index < -0.39 is 108 Å². The highest BCUT2D eigenvalue weighted by molar-refractivity contribution is 7.70. The predicted molar refractivity (Wildman–Crippen MR) is 333 cm³/mol.